The molecule has 0 radical (unpaired) electrons. The molecule has 1 aromatic carbocycles. The summed E-state index contributed by atoms with van der Waals surface area (Å²) in [5.74, 6) is -0.472. The fourth-order valence-electron chi connectivity index (χ4n) is 1.57. The van der Waals surface area contributed by atoms with Crippen LogP contribution in [0.15, 0.2) is 24.3 Å². The van der Waals surface area contributed by atoms with Crippen LogP contribution in [0.3, 0.4) is 0 Å². The molecule has 1 aromatic heterocycles. The van der Waals surface area contributed by atoms with Crippen LogP contribution in [-0.4, -0.2) is 23.6 Å². The number of hydrazine groups is 1. The number of H-pyrrole nitrogens is 1. The average Bonchev–Trinajstić information content (AvgIpc) is 2.79. The molecule has 2 amide bonds. The van der Waals surface area contributed by atoms with Gasteiger partial charge in [-0.2, -0.15) is 0 Å². The molecular weight excluding hydrogens is 270 g/mol. The zero-order valence-corrected chi connectivity index (χ0v) is 10.9. The fraction of sp³-hybridized carbons (Fsp3) is 0.167. The van der Waals surface area contributed by atoms with Crippen molar-refractivity contribution in [1.29, 1.82) is 0 Å². The van der Waals surface area contributed by atoms with Crippen molar-refractivity contribution in [2.24, 2.45) is 0 Å². The first-order valence-electron chi connectivity index (χ1n) is 5.61. The predicted molar refractivity (Wildman–Crippen MR) is 70.9 cm³/mol. The van der Waals surface area contributed by atoms with Crippen LogP contribution in [0.5, 0.6) is 0 Å². The molecule has 0 fully saturated rings. The number of ether oxygens (including phenoxy) is 1. The monoisotopic (exact) mass is 281 g/mol. The molecule has 19 heavy (non-hydrogen) atoms. The Balaban J connectivity index is 2.07. The van der Waals surface area contributed by atoms with Crippen LogP contribution in [0.25, 0.3) is 10.9 Å². The topological polar surface area (TPSA) is 83.2 Å². The van der Waals surface area contributed by atoms with Crippen molar-refractivity contribution in [3.05, 3.63) is 35.0 Å². The van der Waals surface area contributed by atoms with E-state index >= 15 is 0 Å². The summed E-state index contributed by atoms with van der Waals surface area (Å²) >= 11 is 5.86. The Kier molecular flexibility index (Phi) is 3.91. The molecule has 0 saturated carbocycles. The third kappa shape index (κ3) is 3.17. The summed E-state index contributed by atoms with van der Waals surface area (Å²) in [5.41, 5.74) is 5.46. The molecule has 6 nitrogen and oxygen atoms in total. The van der Waals surface area contributed by atoms with E-state index < -0.39 is 12.0 Å². The lowest BCUT2D eigenvalue weighted by molar-refractivity contribution is 0.0908. The van der Waals surface area contributed by atoms with E-state index in [4.69, 9.17) is 11.6 Å². The Bertz CT molecular complexity index is 624. The normalized spacial score (nSPS) is 10.2. The van der Waals surface area contributed by atoms with Crippen LogP contribution in [0, 0.1) is 0 Å². The van der Waals surface area contributed by atoms with Crippen molar-refractivity contribution in [3.8, 4) is 0 Å². The van der Waals surface area contributed by atoms with Gasteiger partial charge in [0.1, 0.15) is 5.69 Å². The van der Waals surface area contributed by atoms with Crippen LogP contribution in [0.1, 0.15) is 17.4 Å². The van der Waals surface area contributed by atoms with Crippen molar-refractivity contribution in [2.75, 3.05) is 6.61 Å². The number of hydrogen-bond donors (Lipinski definition) is 3. The Morgan fingerprint density at radius 3 is 2.84 bits per heavy atom. The molecule has 3 N–H and O–H groups in total. The van der Waals surface area contributed by atoms with Gasteiger partial charge in [0.25, 0.3) is 5.91 Å². The molecule has 0 atom stereocenters. The van der Waals surface area contributed by atoms with Crippen LogP contribution in [-0.2, 0) is 4.74 Å². The highest BCUT2D eigenvalue weighted by Crippen LogP contribution is 2.19. The van der Waals surface area contributed by atoms with Gasteiger partial charge in [0, 0.05) is 15.9 Å². The second-order valence-electron chi connectivity index (χ2n) is 3.71. The van der Waals surface area contributed by atoms with Crippen molar-refractivity contribution in [2.45, 2.75) is 6.92 Å². The van der Waals surface area contributed by atoms with E-state index in [1.54, 1.807) is 31.2 Å². The Hall–Kier alpha value is -2.21. The molecule has 0 unspecified atom stereocenters. The maximum Gasteiger partial charge on any atom is 0.426 e. The fourth-order valence-corrected chi connectivity index (χ4v) is 1.75. The lowest BCUT2D eigenvalue weighted by atomic mass is 10.2. The number of carbonyl (C=O) groups excluding carboxylic acids is 2. The van der Waals surface area contributed by atoms with Crippen molar-refractivity contribution >= 4 is 34.5 Å². The summed E-state index contributed by atoms with van der Waals surface area (Å²) in [6.45, 7) is 1.90. The minimum atomic E-state index is -0.713. The minimum Gasteiger partial charge on any atom is -0.449 e. The van der Waals surface area contributed by atoms with Gasteiger partial charge in [-0.3, -0.25) is 10.2 Å². The first-order chi connectivity index (χ1) is 9.10. The molecule has 2 aromatic rings. The number of amides is 2. The number of benzene rings is 1. The van der Waals surface area contributed by atoms with Gasteiger partial charge in [0.2, 0.25) is 0 Å². The summed E-state index contributed by atoms with van der Waals surface area (Å²) < 4.78 is 4.61. The second kappa shape index (κ2) is 5.62. The lowest BCUT2D eigenvalue weighted by Crippen LogP contribution is -2.42. The highest BCUT2D eigenvalue weighted by atomic mass is 35.5. The Labute approximate surface area is 114 Å². The molecule has 0 spiro atoms. The van der Waals surface area contributed by atoms with E-state index in [9.17, 15) is 9.59 Å². The minimum absolute atomic E-state index is 0.229. The predicted octanol–water partition coefficient (Wildman–Crippen LogP) is 2.21. The van der Waals surface area contributed by atoms with Crippen molar-refractivity contribution in [1.82, 2.24) is 15.8 Å². The van der Waals surface area contributed by atoms with E-state index in [0.29, 0.717) is 10.7 Å². The number of halogens is 1. The third-order valence-corrected chi connectivity index (χ3v) is 2.62. The van der Waals surface area contributed by atoms with E-state index in [0.717, 1.165) is 10.9 Å². The third-order valence-electron chi connectivity index (χ3n) is 2.38. The maximum atomic E-state index is 11.8. The highest BCUT2D eigenvalue weighted by Gasteiger charge is 2.10. The van der Waals surface area contributed by atoms with Gasteiger partial charge < -0.3 is 9.72 Å². The van der Waals surface area contributed by atoms with Crippen molar-refractivity contribution in [3.63, 3.8) is 0 Å². The summed E-state index contributed by atoms with van der Waals surface area (Å²) in [4.78, 5) is 25.7. The standard InChI is InChI=1S/C12H12ClN3O3/c1-2-19-12(18)16-15-11(17)10-6-7-5-8(13)3-4-9(7)14-10/h3-6,14H,2H2,1H3,(H,15,17)(H,16,18). The summed E-state index contributed by atoms with van der Waals surface area (Å²) in [5, 5.41) is 1.40. The van der Waals surface area contributed by atoms with Gasteiger partial charge in [-0.1, -0.05) is 11.6 Å². The van der Waals surface area contributed by atoms with E-state index in [1.807, 2.05) is 0 Å². The zero-order valence-electron chi connectivity index (χ0n) is 10.1. The van der Waals surface area contributed by atoms with Gasteiger partial charge in [0.05, 0.1) is 6.61 Å². The number of nitrogens with one attached hydrogen (secondary N) is 3. The van der Waals surface area contributed by atoms with Gasteiger partial charge in [-0.25, -0.2) is 10.2 Å². The van der Waals surface area contributed by atoms with E-state index in [2.05, 4.69) is 20.6 Å². The summed E-state index contributed by atoms with van der Waals surface area (Å²) in [6.07, 6.45) is -0.713. The summed E-state index contributed by atoms with van der Waals surface area (Å²) in [7, 11) is 0. The number of fused-ring (bicyclic) bond motifs is 1. The van der Waals surface area contributed by atoms with Crippen LogP contribution < -0.4 is 10.9 Å². The van der Waals surface area contributed by atoms with E-state index in [1.165, 1.54) is 0 Å². The summed E-state index contributed by atoms with van der Waals surface area (Å²) in [6, 6.07) is 6.87. The van der Waals surface area contributed by atoms with Gasteiger partial charge >= 0.3 is 6.09 Å². The van der Waals surface area contributed by atoms with E-state index in [-0.39, 0.29) is 6.61 Å². The number of carbonyl (C=O) groups is 2. The molecule has 0 aliphatic rings. The number of aromatic nitrogens is 1. The largest absolute Gasteiger partial charge is 0.449 e. The Morgan fingerprint density at radius 1 is 1.32 bits per heavy atom. The molecule has 2 rings (SSSR count). The number of rotatable bonds is 2. The molecule has 1 heterocycles. The quantitative estimate of drug-likeness (QED) is 0.738. The molecule has 0 aliphatic heterocycles. The van der Waals surface area contributed by atoms with Crippen LogP contribution >= 0.6 is 11.6 Å². The second-order valence-corrected chi connectivity index (χ2v) is 4.15. The average molecular weight is 282 g/mol. The van der Waals surface area contributed by atoms with Gasteiger partial charge in [-0.05, 0) is 31.2 Å². The highest BCUT2D eigenvalue weighted by molar-refractivity contribution is 6.31. The molecule has 0 saturated heterocycles. The Morgan fingerprint density at radius 2 is 2.11 bits per heavy atom. The molecular formula is C12H12ClN3O3. The zero-order chi connectivity index (χ0) is 13.8. The number of hydrogen-bond acceptors (Lipinski definition) is 3. The maximum absolute atomic E-state index is 11.8. The smallest absolute Gasteiger partial charge is 0.426 e. The van der Waals surface area contributed by atoms with Gasteiger partial charge in [-0.15, -0.1) is 0 Å². The molecule has 0 bridgehead atoms. The SMILES string of the molecule is CCOC(=O)NNC(=O)c1cc2cc(Cl)ccc2[nH]1. The molecule has 100 valence electrons. The first-order valence-corrected chi connectivity index (χ1v) is 5.99. The molecule has 0 aliphatic carbocycles. The number of aromatic amines is 1. The first kappa shape index (κ1) is 13.2. The van der Waals surface area contributed by atoms with Crippen LogP contribution in [0.4, 0.5) is 4.79 Å². The van der Waals surface area contributed by atoms with Crippen molar-refractivity contribution < 1.29 is 14.3 Å². The lowest BCUT2D eigenvalue weighted by Gasteiger charge is -2.05. The van der Waals surface area contributed by atoms with Crippen LogP contribution in [0.2, 0.25) is 5.02 Å². The molecule has 7 heteroatoms. The van der Waals surface area contributed by atoms with Gasteiger partial charge in [0.15, 0.2) is 0 Å².